The number of halogens is 1. The molecule has 0 saturated heterocycles. The monoisotopic (exact) mass is 479 g/mol. The van der Waals surface area contributed by atoms with Crippen molar-refractivity contribution in [2.45, 2.75) is 26.8 Å². The molecule has 1 N–H and O–H groups in total. The molecule has 31 heavy (non-hydrogen) atoms. The Morgan fingerprint density at radius 2 is 1.84 bits per heavy atom. The van der Waals surface area contributed by atoms with Gasteiger partial charge in [-0.05, 0) is 67.9 Å². The maximum Gasteiger partial charge on any atom is 0.302 e. The van der Waals surface area contributed by atoms with Crippen molar-refractivity contribution in [1.29, 1.82) is 0 Å². The van der Waals surface area contributed by atoms with Gasteiger partial charge in [0, 0.05) is 15.9 Å². The van der Waals surface area contributed by atoms with E-state index in [0.717, 1.165) is 31.7 Å². The van der Waals surface area contributed by atoms with Crippen molar-refractivity contribution in [3.05, 3.63) is 64.6 Å². The number of amides is 1. The molecule has 1 aromatic heterocycles. The van der Waals surface area contributed by atoms with E-state index in [1.807, 2.05) is 75.4 Å². The summed E-state index contributed by atoms with van der Waals surface area (Å²) in [6, 6.07) is 17.4. The third kappa shape index (κ3) is 4.32. The zero-order valence-corrected chi connectivity index (χ0v) is 19.0. The number of ether oxygens (including phenoxy) is 1. The van der Waals surface area contributed by atoms with E-state index in [1.165, 1.54) is 0 Å². The second kappa shape index (κ2) is 8.51. The first kappa shape index (κ1) is 21.1. The Labute approximate surface area is 188 Å². The Morgan fingerprint density at radius 3 is 2.61 bits per heavy atom. The first-order valence-electron chi connectivity index (χ1n) is 9.93. The predicted octanol–water partition coefficient (Wildman–Crippen LogP) is 6.84. The number of benzene rings is 3. The van der Waals surface area contributed by atoms with Crippen LogP contribution in [0.4, 0.5) is 5.69 Å². The summed E-state index contributed by atoms with van der Waals surface area (Å²) in [6.45, 7) is 5.67. The molecule has 6 nitrogen and oxygen atoms in total. The molecule has 7 heteroatoms. The standard InChI is InChI=1S/C24H22BrN3O3/c1-14(2)28-21-9-4-15(3)10-20(21)23(24(28)30)27-26-22(29)13-31-19-8-6-16-11-18(25)7-5-17(16)12-19/h4-12,14,30H,13H2,1-3H3. The van der Waals surface area contributed by atoms with Crippen LogP contribution < -0.4 is 4.74 Å². The molecule has 0 spiro atoms. The number of fused-ring (bicyclic) bond motifs is 2. The summed E-state index contributed by atoms with van der Waals surface area (Å²) in [5.41, 5.74) is 2.17. The first-order chi connectivity index (χ1) is 14.8. The van der Waals surface area contributed by atoms with Crippen molar-refractivity contribution in [1.82, 2.24) is 4.57 Å². The summed E-state index contributed by atoms with van der Waals surface area (Å²) in [5.74, 6) is 0.0374. The molecule has 0 aliphatic rings. The van der Waals surface area contributed by atoms with E-state index in [9.17, 15) is 9.90 Å². The summed E-state index contributed by atoms with van der Waals surface area (Å²) in [5, 5.41) is 21.4. The maximum absolute atomic E-state index is 12.3. The highest BCUT2D eigenvalue weighted by Gasteiger charge is 2.19. The fourth-order valence-electron chi connectivity index (χ4n) is 3.58. The smallest absolute Gasteiger partial charge is 0.302 e. The second-order valence-corrected chi connectivity index (χ2v) is 8.61. The van der Waals surface area contributed by atoms with Crippen LogP contribution >= 0.6 is 15.9 Å². The number of nitrogens with zero attached hydrogens (tertiary/aromatic N) is 3. The predicted molar refractivity (Wildman–Crippen MR) is 125 cm³/mol. The molecule has 0 fully saturated rings. The fraction of sp³-hybridized carbons (Fsp3) is 0.208. The molecule has 1 amide bonds. The van der Waals surface area contributed by atoms with E-state index >= 15 is 0 Å². The molecule has 0 aliphatic carbocycles. The van der Waals surface area contributed by atoms with Gasteiger partial charge in [-0.15, -0.1) is 10.2 Å². The van der Waals surface area contributed by atoms with Crippen LogP contribution in [-0.4, -0.2) is 22.2 Å². The lowest BCUT2D eigenvalue weighted by atomic mass is 10.1. The van der Waals surface area contributed by atoms with Crippen LogP contribution in [0.2, 0.25) is 0 Å². The van der Waals surface area contributed by atoms with Crippen LogP contribution in [0.15, 0.2) is 69.3 Å². The van der Waals surface area contributed by atoms with Gasteiger partial charge in [0.15, 0.2) is 12.3 Å². The zero-order valence-electron chi connectivity index (χ0n) is 17.5. The van der Waals surface area contributed by atoms with Crippen LogP contribution in [0.5, 0.6) is 11.6 Å². The van der Waals surface area contributed by atoms with Crippen LogP contribution in [0, 0.1) is 6.92 Å². The van der Waals surface area contributed by atoms with E-state index in [2.05, 4.69) is 26.2 Å². The Hall–Kier alpha value is -3.19. The molecule has 158 valence electrons. The van der Waals surface area contributed by atoms with Crippen molar-refractivity contribution in [3.8, 4) is 11.6 Å². The van der Waals surface area contributed by atoms with Gasteiger partial charge in [0.25, 0.3) is 0 Å². The largest absolute Gasteiger partial charge is 0.493 e. The molecule has 0 bridgehead atoms. The van der Waals surface area contributed by atoms with Gasteiger partial charge in [-0.25, -0.2) is 0 Å². The number of carbonyl (C=O) groups is 1. The molecule has 4 aromatic rings. The van der Waals surface area contributed by atoms with Crippen molar-refractivity contribution in [3.63, 3.8) is 0 Å². The molecule has 0 atom stereocenters. The molecule has 1 heterocycles. The molecule has 0 saturated carbocycles. The van der Waals surface area contributed by atoms with Crippen molar-refractivity contribution in [2.75, 3.05) is 6.61 Å². The number of aromatic hydroxyl groups is 1. The van der Waals surface area contributed by atoms with Crippen molar-refractivity contribution >= 4 is 49.2 Å². The number of hydrogen-bond acceptors (Lipinski definition) is 4. The van der Waals surface area contributed by atoms with E-state index < -0.39 is 5.91 Å². The van der Waals surface area contributed by atoms with Gasteiger partial charge in [0.2, 0.25) is 5.88 Å². The van der Waals surface area contributed by atoms with Crippen LogP contribution in [0.25, 0.3) is 21.7 Å². The minimum Gasteiger partial charge on any atom is -0.493 e. The Morgan fingerprint density at radius 1 is 1.10 bits per heavy atom. The van der Waals surface area contributed by atoms with E-state index in [0.29, 0.717) is 5.75 Å². The van der Waals surface area contributed by atoms with Gasteiger partial charge in [-0.2, -0.15) is 0 Å². The highest BCUT2D eigenvalue weighted by molar-refractivity contribution is 9.10. The topological polar surface area (TPSA) is 76.2 Å². The number of aromatic nitrogens is 1. The lowest BCUT2D eigenvalue weighted by Gasteiger charge is -2.10. The van der Waals surface area contributed by atoms with Crippen molar-refractivity contribution in [2.24, 2.45) is 10.2 Å². The molecule has 0 unspecified atom stereocenters. The number of azo groups is 1. The van der Waals surface area contributed by atoms with Gasteiger partial charge >= 0.3 is 5.91 Å². The third-order valence-electron chi connectivity index (χ3n) is 5.02. The van der Waals surface area contributed by atoms with Gasteiger partial charge < -0.3 is 14.4 Å². The Kier molecular flexibility index (Phi) is 5.78. The highest BCUT2D eigenvalue weighted by Crippen LogP contribution is 2.41. The number of rotatable bonds is 5. The van der Waals surface area contributed by atoms with Crippen LogP contribution in [-0.2, 0) is 4.79 Å². The highest BCUT2D eigenvalue weighted by atomic mass is 79.9. The molecular formula is C24H22BrN3O3. The minimum atomic E-state index is -0.534. The average molecular weight is 480 g/mol. The lowest BCUT2D eigenvalue weighted by Crippen LogP contribution is -2.07. The van der Waals surface area contributed by atoms with E-state index in [4.69, 9.17) is 4.74 Å². The Bertz CT molecular complexity index is 1320. The van der Waals surface area contributed by atoms with E-state index in [1.54, 1.807) is 4.57 Å². The quantitative estimate of drug-likeness (QED) is 0.318. The first-order valence-corrected chi connectivity index (χ1v) is 10.7. The SMILES string of the molecule is Cc1ccc2c(c1)c(N=NC(=O)COc1ccc3cc(Br)ccc3c1)c(O)n2C(C)C. The zero-order chi connectivity index (χ0) is 22.1. The Balaban J connectivity index is 1.53. The van der Waals surface area contributed by atoms with Gasteiger partial charge in [0.05, 0.1) is 5.52 Å². The molecular weight excluding hydrogens is 458 g/mol. The summed E-state index contributed by atoms with van der Waals surface area (Å²) >= 11 is 3.45. The molecule has 4 rings (SSSR count). The third-order valence-corrected chi connectivity index (χ3v) is 5.51. The van der Waals surface area contributed by atoms with Gasteiger partial charge in [-0.1, -0.05) is 39.7 Å². The summed E-state index contributed by atoms with van der Waals surface area (Å²) in [4.78, 5) is 12.3. The molecule has 0 aliphatic heterocycles. The van der Waals surface area contributed by atoms with E-state index in [-0.39, 0.29) is 24.2 Å². The normalized spacial score (nSPS) is 11.8. The van der Waals surface area contributed by atoms with Gasteiger partial charge in [0.1, 0.15) is 5.75 Å². The maximum atomic E-state index is 12.3. The fourth-order valence-corrected chi connectivity index (χ4v) is 3.96. The van der Waals surface area contributed by atoms with Crippen LogP contribution in [0.3, 0.4) is 0 Å². The summed E-state index contributed by atoms with van der Waals surface area (Å²) in [7, 11) is 0. The average Bonchev–Trinajstić information content (AvgIpc) is 3.01. The summed E-state index contributed by atoms with van der Waals surface area (Å²) < 4.78 is 8.37. The number of aryl methyl sites for hydroxylation is 1. The minimum absolute atomic E-state index is 0.00578. The van der Waals surface area contributed by atoms with Gasteiger partial charge in [-0.3, -0.25) is 4.79 Å². The van der Waals surface area contributed by atoms with Crippen LogP contribution in [0.1, 0.15) is 25.5 Å². The van der Waals surface area contributed by atoms with Crippen molar-refractivity contribution < 1.29 is 14.6 Å². The number of hydrogen-bond donors (Lipinski definition) is 1. The second-order valence-electron chi connectivity index (χ2n) is 7.69. The summed E-state index contributed by atoms with van der Waals surface area (Å²) in [6.07, 6.45) is 0. The number of carbonyl (C=O) groups excluding carboxylic acids is 1. The molecule has 0 radical (unpaired) electrons. The lowest BCUT2D eigenvalue weighted by molar-refractivity contribution is -0.120. The molecule has 3 aromatic carbocycles.